The summed E-state index contributed by atoms with van der Waals surface area (Å²) < 4.78 is 15.4. The van der Waals surface area contributed by atoms with Gasteiger partial charge in [0.2, 0.25) is 0 Å². The molecule has 0 spiro atoms. The minimum absolute atomic E-state index is 0.0599. The standard InChI is InChI=1S/C8H14N5O6P/c9-7-6-8(11-3-10-6)13(19-20(16,17)18)4-12(7)1-5(15)2-14/h3,5,14-15H,1-2,4,9H2,(H2,16,17,18). The largest absolute Gasteiger partial charge is 0.491 e. The smallest absolute Gasteiger partial charge is 0.394 e. The van der Waals surface area contributed by atoms with Crippen LogP contribution in [0.25, 0.3) is 0 Å². The maximum Gasteiger partial charge on any atom is 0.491 e. The van der Waals surface area contributed by atoms with Gasteiger partial charge in [-0.05, 0) is 0 Å². The van der Waals surface area contributed by atoms with Gasteiger partial charge in [-0.25, -0.2) is 19.6 Å². The Labute approximate surface area is 113 Å². The molecule has 11 nitrogen and oxygen atoms in total. The van der Waals surface area contributed by atoms with Crippen LogP contribution in [0.3, 0.4) is 0 Å². The Morgan fingerprint density at radius 3 is 2.85 bits per heavy atom. The average Bonchev–Trinajstić information content (AvgIpc) is 2.82. The van der Waals surface area contributed by atoms with Crippen LogP contribution >= 0.6 is 7.82 Å². The Morgan fingerprint density at radius 2 is 2.25 bits per heavy atom. The number of hydrogen-bond acceptors (Lipinski definition) is 9. The normalized spacial score (nSPS) is 20.3. The molecule has 0 radical (unpaired) electrons. The second-order valence-corrected chi connectivity index (χ2v) is 5.23. The summed E-state index contributed by atoms with van der Waals surface area (Å²) in [7, 11) is -4.78. The molecule has 0 fully saturated rings. The molecule has 2 aliphatic heterocycles. The van der Waals surface area contributed by atoms with E-state index in [4.69, 9.17) is 20.6 Å². The van der Waals surface area contributed by atoms with Crippen molar-refractivity contribution in [3.8, 4) is 0 Å². The Bertz CT molecular complexity index is 527. The average molecular weight is 307 g/mol. The van der Waals surface area contributed by atoms with Gasteiger partial charge in [-0.1, -0.05) is 0 Å². The highest BCUT2D eigenvalue weighted by molar-refractivity contribution is 7.46. The van der Waals surface area contributed by atoms with E-state index in [1.807, 2.05) is 0 Å². The number of rotatable bonds is 5. The van der Waals surface area contributed by atoms with Gasteiger partial charge < -0.3 is 30.6 Å². The zero-order chi connectivity index (χ0) is 14.9. The van der Waals surface area contributed by atoms with Crippen LogP contribution in [0.5, 0.6) is 0 Å². The Hall–Kier alpha value is -1.49. The molecule has 0 aromatic heterocycles. The lowest BCUT2D eigenvalue weighted by Crippen LogP contribution is -2.50. The fraction of sp³-hybridized carbons (Fsp3) is 0.500. The topological polar surface area (TPSA) is 164 Å². The van der Waals surface area contributed by atoms with Crippen molar-refractivity contribution < 1.29 is 29.2 Å². The van der Waals surface area contributed by atoms with E-state index >= 15 is 0 Å². The van der Waals surface area contributed by atoms with E-state index in [9.17, 15) is 9.67 Å². The SMILES string of the molecule is NC1=C2N=CN=C2N(OP(=O)(O)O)CN1CC(O)CO. The van der Waals surface area contributed by atoms with Crippen LogP contribution in [0, 0.1) is 0 Å². The molecule has 0 bridgehead atoms. The quantitative estimate of drug-likeness (QED) is 0.345. The molecule has 0 saturated carbocycles. The van der Waals surface area contributed by atoms with E-state index in [1.165, 1.54) is 11.2 Å². The highest BCUT2D eigenvalue weighted by atomic mass is 31.2. The molecular formula is C8H14N5O6P. The third-order valence-corrected chi connectivity index (χ3v) is 2.95. The number of fused-ring (bicyclic) bond motifs is 1. The zero-order valence-electron chi connectivity index (χ0n) is 10.2. The van der Waals surface area contributed by atoms with Crippen LogP contribution in [-0.2, 0) is 9.19 Å². The van der Waals surface area contributed by atoms with E-state index in [0.717, 1.165) is 5.06 Å². The Kier molecular flexibility index (Phi) is 4.09. The number of nitrogens with two attached hydrogens (primary N) is 1. The van der Waals surface area contributed by atoms with Crippen molar-refractivity contribution in [3.05, 3.63) is 11.5 Å². The van der Waals surface area contributed by atoms with Crippen molar-refractivity contribution in [1.82, 2.24) is 9.96 Å². The summed E-state index contributed by atoms with van der Waals surface area (Å²) in [5.41, 5.74) is 6.01. The number of amidine groups is 1. The molecule has 1 unspecified atom stereocenters. The molecule has 0 amide bonds. The van der Waals surface area contributed by atoms with Crippen molar-refractivity contribution in [2.45, 2.75) is 6.10 Å². The van der Waals surface area contributed by atoms with Crippen LogP contribution in [0.4, 0.5) is 0 Å². The van der Waals surface area contributed by atoms with E-state index in [1.54, 1.807) is 0 Å². The number of aliphatic hydroxyl groups is 2. The van der Waals surface area contributed by atoms with Gasteiger partial charge in [-0.15, -0.1) is 0 Å². The molecule has 112 valence electrons. The highest BCUT2D eigenvalue weighted by Crippen LogP contribution is 2.39. The lowest BCUT2D eigenvalue weighted by molar-refractivity contribution is -0.0577. The molecule has 20 heavy (non-hydrogen) atoms. The number of aliphatic imine (C=N–C) groups is 2. The van der Waals surface area contributed by atoms with Crippen molar-refractivity contribution in [3.63, 3.8) is 0 Å². The second-order valence-electron chi connectivity index (χ2n) is 4.08. The van der Waals surface area contributed by atoms with Crippen LogP contribution in [0.15, 0.2) is 21.5 Å². The lowest BCUT2D eigenvalue weighted by Gasteiger charge is -2.37. The minimum atomic E-state index is -4.78. The van der Waals surface area contributed by atoms with Gasteiger partial charge in [0.25, 0.3) is 0 Å². The van der Waals surface area contributed by atoms with Crippen LogP contribution < -0.4 is 5.73 Å². The van der Waals surface area contributed by atoms with Crippen LogP contribution in [0.2, 0.25) is 0 Å². The molecule has 2 heterocycles. The third kappa shape index (κ3) is 3.15. The fourth-order valence-electron chi connectivity index (χ4n) is 1.73. The summed E-state index contributed by atoms with van der Waals surface area (Å²) in [6.45, 7) is -0.724. The molecule has 12 heteroatoms. The molecule has 0 saturated heterocycles. The van der Waals surface area contributed by atoms with Crippen LogP contribution in [-0.4, -0.2) is 68.1 Å². The molecule has 2 rings (SSSR count). The molecule has 1 atom stereocenters. The first-order chi connectivity index (χ1) is 9.31. The van der Waals surface area contributed by atoms with Gasteiger partial charge in [-0.3, -0.25) is 0 Å². The van der Waals surface area contributed by atoms with Crippen molar-refractivity contribution in [2.75, 3.05) is 19.8 Å². The zero-order valence-corrected chi connectivity index (χ0v) is 11.1. The molecule has 6 N–H and O–H groups in total. The maximum atomic E-state index is 10.9. The summed E-state index contributed by atoms with van der Waals surface area (Å²) in [5, 5.41) is 19.1. The first-order valence-electron chi connectivity index (χ1n) is 5.49. The lowest BCUT2D eigenvalue weighted by atomic mass is 10.3. The van der Waals surface area contributed by atoms with E-state index < -0.39 is 20.5 Å². The number of nitrogens with zero attached hydrogens (tertiary/aromatic N) is 4. The van der Waals surface area contributed by atoms with Gasteiger partial charge in [-0.2, -0.15) is 4.62 Å². The number of hydrogen-bond donors (Lipinski definition) is 5. The van der Waals surface area contributed by atoms with E-state index in [0.29, 0.717) is 0 Å². The Balaban J connectivity index is 2.24. The van der Waals surface area contributed by atoms with Gasteiger partial charge in [0.1, 0.15) is 24.5 Å². The molecule has 0 aromatic rings. The molecule has 0 aromatic carbocycles. The Morgan fingerprint density at radius 1 is 1.55 bits per heavy atom. The van der Waals surface area contributed by atoms with Crippen molar-refractivity contribution >= 4 is 20.0 Å². The van der Waals surface area contributed by atoms with Gasteiger partial charge >= 0.3 is 7.82 Å². The minimum Gasteiger partial charge on any atom is -0.394 e. The first kappa shape index (κ1) is 14.9. The number of β-amino-alcohol motifs (C(OH)–C–C–N with tert-alkyl or cyclic N) is 1. The van der Waals surface area contributed by atoms with Gasteiger partial charge in [0, 0.05) is 6.54 Å². The van der Waals surface area contributed by atoms with E-state index in [-0.39, 0.29) is 30.6 Å². The summed E-state index contributed by atoms with van der Waals surface area (Å²) in [6.07, 6.45) is 0.0921. The highest BCUT2D eigenvalue weighted by Gasteiger charge is 2.35. The van der Waals surface area contributed by atoms with Crippen molar-refractivity contribution in [1.29, 1.82) is 0 Å². The summed E-state index contributed by atoms with van der Waals surface area (Å²) >= 11 is 0. The second kappa shape index (κ2) is 5.48. The molecule has 2 aliphatic rings. The predicted molar refractivity (Wildman–Crippen MR) is 66.8 cm³/mol. The summed E-state index contributed by atoms with van der Waals surface area (Å²) in [6, 6.07) is 0. The molecule has 0 aliphatic carbocycles. The summed E-state index contributed by atoms with van der Waals surface area (Å²) in [4.78, 5) is 26.8. The first-order valence-corrected chi connectivity index (χ1v) is 7.02. The molecular weight excluding hydrogens is 293 g/mol. The number of hydroxylamine groups is 2. The summed E-state index contributed by atoms with van der Waals surface area (Å²) in [5.74, 6) is 0.233. The monoisotopic (exact) mass is 307 g/mol. The number of phosphoric acid groups is 1. The van der Waals surface area contributed by atoms with Crippen molar-refractivity contribution in [2.24, 2.45) is 15.7 Å². The van der Waals surface area contributed by atoms with E-state index in [2.05, 4.69) is 14.6 Å². The van der Waals surface area contributed by atoms with Crippen LogP contribution in [0.1, 0.15) is 0 Å². The third-order valence-electron chi connectivity index (χ3n) is 2.54. The van der Waals surface area contributed by atoms with Gasteiger partial charge in [0.15, 0.2) is 5.84 Å². The maximum absolute atomic E-state index is 10.9. The fourth-order valence-corrected chi connectivity index (χ4v) is 2.12. The predicted octanol–water partition coefficient (Wildman–Crippen LogP) is -2.49. The number of aliphatic hydroxyl groups excluding tert-OH is 2. The van der Waals surface area contributed by atoms with Gasteiger partial charge in [0.05, 0.1) is 12.7 Å².